The first kappa shape index (κ1) is 8.03. The maximum atomic E-state index is 9.05. The molecule has 1 aromatic carbocycles. The summed E-state index contributed by atoms with van der Waals surface area (Å²) in [6.07, 6.45) is 5.08. The third kappa shape index (κ3) is 2.57. The van der Waals surface area contributed by atoms with Gasteiger partial charge < -0.3 is 5.11 Å². The molecular weight excluding hydrogens is 156 g/mol. The summed E-state index contributed by atoms with van der Waals surface area (Å²) in [4.78, 5) is 1.00. The summed E-state index contributed by atoms with van der Waals surface area (Å²) < 4.78 is 0. The van der Waals surface area contributed by atoms with E-state index in [9.17, 15) is 0 Å². The molecule has 0 unspecified atom stereocenters. The van der Waals surface area contributed by atoms with Crippen molar-refractivity contribution >= 4 is 11.8 Å². The summed E-state index contributed by atoms with van der Waals surface area (Å²) in [5, 5.41) is 9.05. The molecule has 0 aliphatic rings. The minimum Gasteiger partial charge on any atom is -0.508 e. The lowest BCUT2D eigenvalue weighted by Gasteiger charge is -1.96. The highest BCUT2D eigenvalue weighted by Crippen LogP contribution is 2.21. The zero-order chi connectivity index (χ0) is 8.10. The van der Waals surface area contributed by atoms with Crippen molar-refractivity contribution in [2.24, 2.45) is 0 Å². The van der Waals surface area contributed by atoms with Gasteiger partial charge in [0, 0.05) is 4.90 Å². The summed E-state index contributed by atoms with van der Waals surface area (Å²) in [6, 6.07) is 7.05. The normalized spacial score (nSPS) is 9.00. The number of thioether (sulfide) groups is 1. The van der Waals surface area contributed by atoms with Crippen LogP contribution in [0.1, 0.15) is 0 Å². The van der Waals surface area contributed by atoms with Gasteiger partial charge in [0.15, 0.2) is 0 Å². The number of phenolic OH excluding ortho intramolecular Hbond substituents is 1. The summed E-state index contributed by atoms with van der Waals surface area (Å²) in [5.74, 6) is 3.44. The van der Waals surface area contributed by atoms with Crippen molar-refractivity contribution in [2.45, 2.75) is 4.90 Å². The molecule has 1 N–H and O–H groups in total. The highest BCUT2D eigenvalue weighted by atomic mass is 32.2. The lowest BCUT2D eigenvalue weighted by molar-refractivity contribution is 0.474. The van der Waals surface area contributed by atoms with Crippen LogP contribution in [0.4, 0.5) is 0 Å². The molecular formula is C9H8OS. The largest absolute Gasteiger partial charge is 0.508 e. The molecule has 0 heterocycles. The molecule has 0 bridgehead atoms. The van der Waals surface area contributed by atoms with E-state index in [4.69, 9.17) is 11.5 Å². The van der Waals surface area contributed by atoms with Crippen LogP contribution in [0, 0.1) is 12.3 Å². The van der Waals surface area contributed by atoms with Crippen LogP contribution in [-0.4, -0.2) is 10.9 Å². The van der Waals surface area contributed by atoms with E-state index in [2.05, 4.69) is 5.92 Å². The second-order valence-corrected chi connectivity index (χ2v) is 3.04. The van der Waals surface area contributed by atoms with Crippen LogP contribution in [0.2, 0.25) is 0 Å². The monoisotopic (exact) mass is 164 g/mol. The third-order valence-corrected chi connectivity index (χ3v) is 2.04. The molecule has 0 spiro atoms. The van der Waals surface area contributed by atoms with Crippen LogP contribution >= 0.6 is 11.8 Å². The molecule has 0 atom stereocenters. The quantitative estimate of drug-likeness (QED) is 0.533. The topological polar surface area (TPSA) is 20.2 Å². The average Bonchev–Trinajstić information content (AvgIpc) is 2.01. The lowest BCUT2D eigenvalue weighted by atomic mass is 10.3. The molecule has 0 aromatic heterocycles. The molecule has 2 heteroatoms. The lowest BCUT2D eigenvalue weighted by Crippen LogP contribution is -1.72. The van der Waals surface area contributed by atoms with Gasteiger partial charge in [0.05, 0.1) is 5.75 Å². The Labute approximate surface area is 70.4 Å². The highest BCUT2D eigenvalue weighted by Gasteiger charge is 1.92. The number of hydrogen-bond acceptors (Lipinski definition) is 2. The second kappa shape index (κ2) is 3.95. The van der Waals surface area contributed by atoms with Crippen LogP contribution < -0.4 is 0 Å². The van der Waals surface area contributed by atoms with E-state index >= 15 is 0 Å². The fraction of sp³-hybridized carbons (Fsp3) is 0.111. The molecule has 0 radical (unpaired) electrons. The number of phenols is 1. The van der Waals surface area contributed by atoms with E-state index in [0.717, 1.165) is 4.90 Å². The molecule has 0 saturated carbocycles. The fourth-order valence-corrected chi connectivity index (χ4v) is 1.33. The smallest absolute Gasteiger partial charge is 0.116 e. The Kier molecular flexibility index (Phi) is 2.88. The SMILES string of the molecule is C#CCSc1cccc(O)c1. The summed E-state index contributed by atoms with van der Waals surface area (Å²) in [6.45, 7) is 0. The molecule has 0 aliphatic carbocycles. The molecule has 0 saturated heterocycles. The van der Waals surface area contributed by atoms with Crippen LogP contribution in [0.15, 0.2) is 29.2 Å². The van der Waals surface area contributed by atoms with Crippen molar-refractivity contribution in [3.63, 3.8) is 0 Å². The number of aromatic hydroxyl groups is 1. The summed E-state index contributed by atoms with van der Waals surface area (Å²) >= 11 is 1.54. The summed E-state index contributed by atoms with van der Waals surface area (Å²) in [5.41, 5.74) is 0. The van der Waals surface area contributed by atoms with Crippen LogP contribution in [-0.2, 0) is 0 Å². The molecule has 0 aliphatic heterocycles. The molecule has 56 valence electrons. The predicted octanol–water partition coefficient (Wildman–Crippen LogP) is 2.12. The third-order valence-electron chi connectivity index (χ3n) is 1.14. The maximum Gasteiger partial charge on any atom is 0.116 e. The minimum atomic E-state index is 0.284. The Balaban J connectivity index is 2.65. The Morgan fingerprint density at radius 1 is 1.55 bits per heavy atom. The molecule has 1 rings (SSSR count). The first-order valence-electron chi connectivity index (χ1n) is 3.18. The van der Waals surface area contributed by atoms with E-state index in [1.54, 1.807) is 18.2 Å². The van der Waals surface area contributed by atoms with Crippen LogP contribution in [0.3, 0.4) is 0 Å². The van der Waals surface area contributed by atoms with E-state index < -0.39 is 0 Å². The highest BCUT2D eigenvalue weighted by molar-refractivity contribution is 7.99. The van der Waals surface area contributed by atoms with Crippen molar-refractivity contribution in [1.82, 2.24) is 0 Å². The minimum absolute atomic E-state index is 0.284. The van der Waals surface area contributed by atoms with E-state index in [1.807, 2.05) is 6.07 Å². The number of benzene rings is 1. The first-order valence-corrected chi connectivity index (χ1v) is 4.17. The van der Waals surface area contributed by atoms with E-state index in [0.29, 0.717) is 5.75 Å². The molecule has 11 heavy (non-hydrogen) atoms. The maximum absolute atomic E-state index is 9.05. The van der Waals surface area contributed by atoms with Crippen molar-refractivity contribution in [2.75, 3.05) is 5.75 Å². The van der Waals surface area contributed by atoms with Gasteiger partial charge in [-0.3, -0.25) is 0 Å². The number of rotatable bonds is 2. The Morgan fingerprint density at radius 2 is 2.36 bits per heavy atom. The Morgan fingerprint density at radius 3 is 3.00 bits per heavy atom. The zero-order valence-corrected chi connectivity index (χ0v) is 6.77. The van der Waals surface area contributed by atoms with E-state index in [1.165, 1.54) is 11.8 Å². The Bertz CT molecular complexity index is 275. The van der Waals surface area contributed by atoms with Crippen LogP contribution in [0.25, 0.3) is 0 Å². The molecule has 1 nitrogen and oxygen atoms in total. The van der Waals surface area contributed by atoms with Gasteiger partial charge in [-0.1, -0.05) is 12.0 Å². The van der Waals surface area contributed by atoms with Gasteiger partial charge in [-0.15, -0.1) is 18.2 Å². The van der Waals surface area contributed by atoms with Gasteiger partial charge >= 0.3 is 0 Å². The molecule has 0 fully saturated rings. The molecule has 0 amide bonds. The standard InChI is InChI=1S/C9H8OS/c1-2-6-11-9-5-3-4-8(10)7-9/h1,3-5,7,10H,6H2. The Hall–Kier alpha value is -1.07. The predicted molar refractivity (Wildman–Crippen MR) is 47.7 cm³/mol. The van der Waals surface area contributed by atoms with Crippen molar-refractivity contribution in [3.05, 3.63) is 24.3 Å². The molecule has 1 aromatic rings. The summed E-state index contributed by atoms with van der Waals surface area (Å²) in [7, 11) is 0. The van der Waals surface area contributed by atoms with Gasteiger partial charge in [-0.25, -0.2) is 0 Å². The number of terminal acetylenes is 1. The zero-order valence-electron chi connectivity index (χ0n) is 5.95. The first-order chi connectivity index (χ1) is 5.33. The van der Waals surface area contributed by atoms with Gasteiger partial charge in [-0.2, -0.15) is 0 Å². The van der Waals surface area contributed by atoms with Crippen molar-refractivity contribution < 1.29 is 5.11 Å². The number of hydrogen-bond donors (Lipinski definition) is 1. The van der Waals surface area contributed by atoms with Crippen LogP contribution in [0.5, 0.6) is 5.75 Å². The second-order valence-electron chi connectivity index (χ2n) is 1.99. The van der Waals surface area contributed by atoms with Gasteiger partial charge in [0.1, 0.15) is 5.75 Å². The van der Waals surface area contributed by atoms with Gasteiger partial charge in [-0.05, 0) is 18.2 Å². The average molecular weight is 164 g/mol. The van der Waals surface area contributed by atoms with Crippen molar-refractivity contribution in [1.29, 1.82) is 0 Å². The van der Waals surface area contributed by atoms with Crippen molar-refractivity contribution in [3.8, 4) is 18.1 Å². The van der Waals surface area contributed by atoms with Gasteiger partial charge in [0.2, 0.25) is 0 Å². The van der Waals surface area contributed by atoms with Gasteiger partial charge in [0.25, 0.3) is 0 Å². The fourth-order valence-electron chi connectivity index (χ4n) is 0.698. The van der Waals surface area contributed by atoms with E-state index in [-0.39, 0.29) is 5.75 Å².